The van der Waals surface area contributed by atoms with Crippen molar-refractivity contribution in [2.45, 2.75) is 32.4 Å². The number of aryl methyl sites for hydroxylation is 1. The fourth-order valence-electron chi connectivity index (χ4n) is 2.59. The van der Waals surface area contributed by atoms with Gasteiger partial charge in [-0.2, -0.15) is 0 Å². The van der Waals surface area contributed by atoms with Gasteiger partial charge in [0.1, 0.15) is 24.2 Å². The van der Waals surface area contributed by atoms with E-state index in [0.29, 0.717) is 25.2 Å². The Balaban J connectivity index is 1.84. The van der Waals surface area contributed by atoms with Crippen LogP contribution >= 0.6 is 0 Å². The van der Waals surface area contributed by atoms with Gasteiger partial charge in [0.2, 0.25) is 5.91 Å². The zero-order chi connectivity index (χ0) is 19.6. The molecule has 0 unspecified atom stereocenters. The zero-order valence-corrected chi connectivity index (χ0v) is 15.5. The topological polar surface area (TPSA) is 64.6 Å². The lowest BCUT2D eigenvalue weighted by molar-refractivity contribution is -0.128. The molecule has 0 heterocycles. The predicted octanol–water partition coefficient (Wildman–Crippen LogP) is 3.06. The number of Topliss-reactive ketones (excluding diaryl/α,β-unsaturated/α-hetero) is 1. The van der Waals surface area contributed by atoms with Crippen LogP contribution in [0.15, 0.2) is 48.5 Å². The second-order valence-corrected chi connectivity index (χ2v) is 6.24. The van der Waals surface area contributed by atoms with E-state index in [-0.39, 0.29) is 24.1 Å². The number of ketones is 1. The van der Waals surface area contributed by atoms with Crippen LogP contribution in [0.5, 0.6) is 5.75 Å². The zero-order valence-electron chi connectivity index (χ0n) is 15.5. The van der Waals surface area contributed by atoms with E-state index in [0.717, 1.165) is 11.1 Å². The maximum Gasteiger partial charge on any atom is 0.217 e. The molecule has 6 heteroatoms. The molecule has 0 fully saturated rings. The molecule has 0 spiro atoms. The number of carbonyl (C=O) groups is 2. The highest BCUT2D eigenvalue weighted by atomic mass is 19.1. The van der Waals surface area contributed by atoms with Crippen molar-refractivity contribution in [1.82, 2.24) is 5.32 Å². The van der Waals surface area contributed by atoms with Gasteiger partial charge < -0.3 is 14.8 Å². The summed E-state index contributed by atoms with van der Waals surface area (Å²) in [6.45, 7) is 1.87. The third-order valence-corrected chi connectivity index (χ3v) is 3.98. The van der Waals surface area contributed by atoms with Gasteiger partial charge in [0.05, 0.1) is 6.61 Å². The van der Waals surface area contributed by atoms with Gasteiger partial charge in [-0.15, -0.1) is 0 Å². The van der Waals surface area contributed by atoms with Crippen LogP contribution < -0.4 is 10.1 Å². The number of benzene rings is 2. The number of rotatable bonds is 10. The summed E-state index contributed by atoms with van der Waals surface area (Å²) in [5.41, 5.74) is 1.96. The number of hydrogen-bond acceptors (Lipinski definition) is 4. The van der Waals surface area contributed by atoms with Crippen LogP contribution in [0.4, 0.5) is 4.39 Å². The Morgan fingerprint density at radius 3 is 2.44 bits per heavy atom. The van der Waals surface area contributed by atoms with Gasteiger partial charge in [-0.25, -0.2) is 4.39 Å². The van der Waals surface area contributed by atoms with E-state index in [4.69, 9.17) is 9.47 Å². The quantitative estimate of drug-likeness (QED) is 0.695. The maximum atomic E-state index is 13.1. The number of hydrogen-bond donors (Lipinski definition) is 1. The molecule has 0 bridgehead atoms. The first-order valence-corrected chi connectivity index (χ1v) is 8.73. The summed E-state index contributed by atoms with van der Waals surface area (Å²) in [4.78, 5) is 23.4. The maximum absolute atomic E-state index is 13.1. The van der Waals surface area contributed by atoms with Gasteiger partial charge in [0.25, 0.3) is 0 Å². The van der Waals surface area contributed by atoms with Gasteiger partial charge in [-0.3, -0.25) is 9.59 Å². The lowest BCUT2D eigenvalue weighted by Gasteiger charge is -2.15. The summed E-state index contributed by atoms with van der Waals surface area (Å²) < 4.78 is 23.7. The van der Waals surface area contributed by atoms with Crippen molar-refractivity contribution >= 4 is 11.7 Å². The van der Waals surface area contributed by atoms with E-state index in [9.17, 15) is 14.0 Å². The van der Waals surface area contributed by atoms with E-state index in [1.165, 1.54) is 26.2 Å². The first kappa shape index (κ1) is 20.6. The lowest BCUT2D eigenvalue weighted by atomic mass is 10.0. The smallest absolute Gasteiger partial charge is 0.217 e. The van der Waals surface area contributed by atoms with Crippen molar-refractivity contribution < 1.29 is 23.5 Å². The number of carbonyl (C=O) groups excluding carboxylic acids is 2. The summed E-state index contributed by atoms with van der Waals surface area (Å²) in [6, 6.07) is 13.1. The van der Waals surface area contributed by atoms with Gasteiger partial charge >= 0.3 is 0 Å². The fraction of sp³-hybridized carbons (Fsp3) is 0.333. The Morgan fingerprint density at radius 1 is 1.11 bits per heavy atom. The molecule has 0 saturated carbocycles. The van der Waals surface area contributed by atoms with Crippen LogP contribution in [0.3, 0.4) is 0 Å². The summed E-state index contributed by atoms with van der Waals surface area (Å²) in [6.07, 6.45) is 0.886. The Hall–Kier alpha value is -2.73. The number of nitrogens with one attached hydrogen (secondary N) is 1. The van der Waals surface area contributed by atoms with E-state index in [2.05, 4.69) is 5.32 Å². The lowest BCUT2D eigenvalue weighted by Crippen LogP contribution is -2.43. The third kappa shape index (κ3) is 7.19. The fourth-order valence-corrected chi connectivity index (χ4v) is 2.59. The molecule has 144 valence electrons. The average molecular weight is 373 g/mol. The molecule has 1 amide bonds. The molecule has 0 radical (unpaired) electrons. The largest absolute Gasteiger partial charge is 0.489 e. The minimum atomic E-state index is -0.619. The van der Waals surface area contributed by atoms with E-state index < -0.39 is 6.04 Å². The van der Waals surface area contributed by atoms with Crippen molar-refractivity contribution in [2.75, 3.05) is 13.7 Å². The molecular formula is C21H24FNO4. The molecule has 0 aliphatic heterocycles. The van der Waals surface area contributed by atoms with E-state index in [1.54, 1.807) is 12.1 Å². The molecule has 0 aromatic heterocycles. The highest BCUT2D eigenvalue weighted by Crippen LogP contribution is 2.15. The van der Waals surface area contributed by atoms with Crippen molar-refractivity contribution in [3.05, 3.63) is 65.5 Å². The van der Waals surface area contributed by atoms with E-state index >= 15 is 0 Å². The normalized spacial score (nSPS) is 11.7. The summed E-state index contributed by atoms with van der Waals surface area (Å²) in [5, 5.41) is 2.61. The minimum Gasteiger partial charge on any atom is -0.489 e. The van der Waals surface area contributed by atoms with Crippen molar-refractivity contribution in [2.24, 2.45) is 0 Å². The highest BCUT2D eigenvalue weighted by Gasteiger charge is 2.18. The number of halogens is 1. The number of ether oxygens (including phenoxy) is 2. The Kier molecular flexibility index (Phi) is 7.95. The third-order valence-electron chi connectivity index (χ3n) is 3.98. The van der Waals surface area contributed by atoms with Gasteiger partial charge in [-0.1, -0.05) is 30.3 Å². The monoisotopic (exact) mass is 373 g/mol. The molecule has 5 nitrogen and oxygen atoms in total. The van der Waals surface area contributed by atoms with E-state index in [1.807, 2.05) is 24.3 Å². The summed E-state index contributed by atoms with van der Waals surface area (Å²) in [5.74, 6) is -0.177. The Morgan fingerprint density at radius 2 is 1.81 bits per heavy atom. The first-order chi connectivity index (χ1) is 13.0. The van der Waals surface area contributed by atoms with Crippen LogP contribution in [-0.4, -0.2) is 31.4 Å². The molecule has 0 saturated heterocycles. The number of methoxy groups -OCH3 is 1. The van der Waals surface area contributed by atoms with Gasteiger partial charge in [0.15, 0.2) is 5.78 Å². The molecule has 2 aromatic rings. The van der Waals surface area contributed by atoms with Crippen molar-refractivity contribution in [1.29, 1.82) is 0 Å². The molecule has 2 rings (SSSR count). The minimum absolute atomic E-state index is 0.0643. The molecule has 2 aromatic carbocycles. The van der Waals surface area contributed by atoms with Gasteiger partial charge in [-0.05, 0) is 29.7 Å². The standard InChI is InChI=1S/C21H24FNO4/c1-15(24)23-20(14-26-2)21(25)11-10-16-6-8-17(9-7-16)13-27-19-5-3-4-18(22)12-19/h3-9,12,20H,10-11,13-14H2,1-2H3,(H,23,24)/t20-/m1/s1. The predicted molar refractivity (Wildman–Crippen MR) is 100.0 cm³/mol. The second kappa shape index (κ2) is 10.4. The Bertz CT molecular complexity index is 761. The molecule has 0 aliphatic rings. The van der Waals surface area contributed by atoms with Gasteiger partial charge in [0, 0.05) is 26.5 Å². The molecule has 1 atom stereocenters. The molecule has 0 aliphatic carbocycles. The SMILES string of the molecule is COC[C@@H](NC(C)=O)C(=O)CCc1ccc(COc2cccc(F)c2)cc1. The van der Waals surface area contributed by atoms with Crippen LogP contribution in [0.1, 0.15) is 24.5 Å². The van der Waals surface area contributed by atoms with Crippen molar-refractivity contribution in [3.8, 4) is 5.75 Å². The van der Waals surface area contributed by atoms with Crippen LogP contribution in [0.25, 0.3) is 0 Å². The summed E-state index contributed by atoms with van der Waals surface area (Å²) >= 11 is 0. The Labute approximate surface area is 158 Å². The van der Waals surface area contributed by atoms with Crippen LogP contribution in [0.2, 0.25) is 0 Å². The average Bonchev–Trinajstić information content (AvgIpc) is 2.64. The molecular weight excluding hydrogens is 349 g/mol. The van der Waals surface area contributed by atoms with Crippen LogP contribution in [-0.2, 0) is 27.4 Å². The second-order valence-electron chi connectivity index (χ2n) is 6.24. The summed E-state index contributed by atoms with van der Waals surface area (Å²) in [7, 11) is 1.49. The molecule has 1 N–H and O–H groups in total. The highest BCUT2D eigenvalue weighted by molar-refractivity contribution is 5.88. The number of amides is 1. The molecule has 27 heavy (non-hydrogen) atoms. The van der Waals surface area contributed by atoms with Crippen molar-refractivity contribution in [3.63, 3.8) is 0 Å². The first-order valence-electron chi connectivity index (χ1n) is 8.73. The van der Waals surface area contributed by atoms with Crippen LogP contribution in [0, 0.1) is 5.82 Å².